The molecule has 2 heterocycles. The molecule has 84 valence electrons. The number of hydrogen-bond donors (Lipinski definition) is 3. The first-order chi connectivity index (χ1) is 7.77. The van der Waals surface area contributed by atoms with E-state index < -0.39 is 0 Å². The van der Waals surface area contributed by atoms with Gasteiger partial charge in [0.15, 0.2) is 0 Å². The summed E-state index contributed by atoms with van der Waals surface area (Å²) in [5.74, 6) is 0. The van der Waals surface area contributed by atoms with Gasteiger partial charge in [-0.15, -0.1) is 0 Å². The number of hydrazine groups is 1. The molecule has 1 aliphatic heterocycles. The molecule has 1 fully saturated rings. The van der Waals surface area contributed by atoms with E-state index in [1.54, 1.807) is 0 Å². The van der Waals surface area contributed by atoms with Crippen LogP contribution in [-0.4, -0.2) is 17.2 Å². The Bertz CT molecular complexity index is 517. The zero-order chi connectivity index (χ0) is 11.1. The Morgan fingerprint density at radius 2 is 2.19 bits per heavy atom. The Kier molecular flexibility index (Phi) is 2.21. The van der Waals surface area contributed by atoms with Crippen LogP contribution in [0.25, 0.3) is 10.9 Å². The molecule has 2 unspecified atom stereocenters. The largest absolute Gasteiger partial charge is 0.350 e. The minimum Gasteiger partial charge on any atom is -0.350 e. The van der Waals surface area contributed by atoms with Crippen LogP contribution < -0.4 is 16.6 Å². The second-order valence-corrected chi connectivity index (χ2v) is 4.38. The van der Waals surface area contributed by atoms with Gasteiger partial charge in [-0.1, -0.05) is 18.2 Å². The third-order valence-electron chi connectivity index (χ3n) is 3.29. The Labute approximate surface area is 94.4 Å². The fourth-order valence-electron chi connectivity index (χ4n) is 2.44. The summed E-state index contributed by atoms with van der Waals surface area (Å²) in [7, 11) is 2.07. The van der Waals surface area contributed by atoms with E-state index in [1.807, 2.05) is 0 Å². The van der Waals surface area contributed by atoms with Crippen LogP contribution in [0.3, 0.4) is 0 Å². The third kappa shape index (κ3) is 1.35. The number of para-hydroxylation sites is 1. The number of aryl methyl sites for hydroxylation is 1. The highest BCUT2D eigenvalue weighted by Gasteiger charge is 2.27. The lowest BCUT2D eigenvalue weighted by Crippen LogP contribution is -2.29. The smallest absolute Gasteiger partial charge is 0.0647 e. The van der Waals surface area contributed by atoms with Crippen molar-refractivity contribution in [2.45, 2.75) is 12.1 Å². The van der Waals surface area contributed by atoms with Gasteiger partial charge in [0.1, 0.15) is 0 Å². The van der Waals surface area contributed by atoms with Crippen molar-refractivity contribution in [3.63, 3.8) is 0 Å². The van der Waals surface area contributed by atoms with Crippen molar-refractivity contribution in [2.75, 3.05) is 6.54 Å². The zero-order valence-corrected chi connectivity index (χ0v) is 9.27. The third-order valence-corrected chi connectivity index (χ3v) is 3.29. The molecule has 4 N–H and O–H groups in total. The monoisotopic (exact) mass is 216 g/mol. The summed E-state index contributed by atoms with van der Waals surface area (Å²) in [5, 5.41) is 1.28. The van der Waals surface area contributed by atoms with Gasteiger partial charge in [-0.2, -0.15) is 0 Å². The molecule has 4 heteroatoms. The van der Waals surface area contributed by atoms with Gasteiger partial charge in [-0.05, 0) is 11.6 Å². The topological polar surface area (TPSA) is 55.0 Å². The molecule has 0 amide bonds. The SMILES string of the molecule is Cn1cc(C2NNCC2N)c2ccccc21. The molecule has 0 bridgehead atoms. The summed E-state index contributed by atoms with van der Waals surface area (Å²) in [6, 6.07) is 8.74. The van der Waals surface area contributed by atoms with Gasteiger partial charge in [0.05, 0.1) is 6.04 Å². The Morgan fingerprint density at radius 3 is 2.94 bits per heavy atom. The number of nitrogens with two attached hydrogens (primary N) is 1. The summed E-state index contributed by atoms with van der Waals surface area (Å²) in [4.78, 5) is 0. The van der Waals surface area contributed by atoms with Gasteiger partial charge in [0.25, 0.3) is 0 Å². The van der Waals surface area contributed by atoms with Gasteiger partial charge >= 0.3 is 0 Å². The van der Waals surface area contributed by atoms with Crippen LogP contribution >= 0.6 is 0 Å². The summed E-state index contributed by atoms with van der Waals surface area (Å²) >= 11 is 0. The van der Waals surface area contributed by atoms with Gasteiger partial charge < -0.3 is 10.3 Å². The highest BCUT2D eigenvalue weighted by molar-refractivity contribution is 5.84. The minimum absolute atomic E-state index is 0.130. The molecule has 2 atom stereocenters. The molecule has 2 aromatic rings. The number of nitrogens with one attached hydrogen (secondary N) is 2. The zero-order valence-electron chi connectivity index (χ0n) is 9.27. The summed E-state index contributed by atoms with van der Waals surface area (Å²) in [5.41, 5.74) is 14.9. The molecular formula is C12H16N4. The predicted molar refractivity (Wildman–Crippen MR) is 64.8 cm³/mol. The van der Waals surface area contributed by atoms with E-state index in [4.69, 9.17) is 5.73 Å². The molecule has 0 spiro atoms. The maximum atomic E-state index is 6.08. The molecule has 0 aliphatic carbocycles. The molecule has 1 aliphatic rings. The maximum absolute atomic E-state index is 6.08. The molecule has 1 aromatic carbocycles. The minimum atomic E-state index is 0.130. The van der Waals surface area contributed by atoms with E-state index in [9.17, 15) is 0 Å². The highest BCUT2D eigenvalue weighted by Crippen LogP contribution is 2.28. The molecule has 16 heavy (non-hydrogen) atoms. The van der Waals surface area contributed by atoms with E-state index in [0.29, 0.717) is 0 Å². The standard InChI is InChI=1S/C12H16N4/c1-16-7-9(12-10(13)6-14-15-12)8-4-2-3-5-11(8)16/h2-5,7,10,12,14-15H,6,13H2,1H3. The van der Waals surface area contributed by atoms with Gasteiger partial charge in [-0.3, -0.25) is 5.43 Å². The molecular weight excluding hydrogens is 200 g/mol. The average Bonchev–Trinajstić information content (AvgIpc) is 2.84. The van der Waals surface area contributed by atoms with Crippen LogP contribution in [-0.2, 0) is 7.05 Å². The number of fused-ring (bicyclic) bond motifs is 1. The molecule has 1 aromatic heterocycles. The Hall–Kier alpha value is -1.36. The lowest BCUT2D eigenvalue weighted by molar-refractivity contribution is 0.553. The number of nitrogens with zero attached hydrogens (tertiary/aromatic N) is 1. The average molecular weight is 216 g/mol. The first-order valence-electron chi connectivity index (χ1n) is 5.55. The number of hydrogen-bond acceptors (Lipinski definition) is 3. The van der Waals surface area contributed by atoms with Crippen LogP contribution in [0.4, 0.5) is 0 Å². The molecule has 1 saturated heterocycles. The van der Waals surface area contributed by atoms with E-state index in [-0.39, 0.29) is 12.1 Å². The number of rotatable bonds is 1. The lowest BCUT2D eigenvalue weighted by atomic mass is 10.0. The van der Waals surface area contributed by atoms with Gasteiger partial charge in [0.2, 0.25) is 0 Å². The van der Waals surface area contributed by atoms with Crippen LogP contribution in [0.2, 0.25) is 0 Å². The van der Waals surface area contributed by atoms with Crippen molar-refractivity contribution in [3.05, 3.63) is 36.0 Å². The summed E-state index contributed by atoms with van der Waals surface area (Å²) in [6.45, 7) is 0.813. The van der Waals surface area contributed by atoms with Gasteiger partial charge in [-0.25, -0.2) is 5.43 Å². The van der Waals surface area contributed by atoms with Crippen LogP contribution in [0.15, 0.2) is 30.5 Å². The van der Waals surface area contributed by atoms with Crippen molar-refractivity contribution in [1.82, 2.24) is 15.4 Å². The Balaban J connectivity index is 2.16. The van der Waals surface area contributed by atoms with Crippen molar-refractivity contribution in [3.8, 4) is 0 Å². The van der Waals surface area contributed by atoms with Crippen LogP contribution in [0, 0.1) is 0 Å². The van der Waals surface area contributed by atoms with E-state index in [2.05, 4.69) is 52.9 Å². The van der Waals surface area contributed by atoms with Crippen molar-refractivity contribution < 1.29 is 0 Å². The second kappa shape index (κ2) is 3.59. The quantitative estimate of drug-likeness (QED) is 0.656. The first kappa shape index (κ1) is 9.84. The summed E-state index contributed by atoms with van der Waals surface area (Å²) < 4.78 is 2.15. The number of aromatic nitrogens is 1. The fraction of sp³-hybridized carbons (Fsp3) is 0.333. The van der Waals surface area contributed by atoms with Gasteiger partial charge in [0, 0.05) is 36.7 Å². The van der Waals surface area contributed by atoms with E-state index in [1.165, 1.54) is 16.5 Å². The first-order valence-corrected chi connectivity index (χ1v) is 5.55. The molecule has 3 rings (SSSR count). The summed E-state index contributed by atoms with van der Waals surface area (Å²) in [6.07, 6.45) is 2.16. The maximum Gasteiger partial charge on any atom is 0.0647 e. The fourth-order valence-corrected chi connectivity index (χ4v) is 2.44. The Morgan fingerprint density at radius 1 is 1.38 bits per heavy atom. The lowest BCUT2D eigenvalue weighted by Gasteiger charge is -2.13. The molecule has 0 saturated carbocycles. The van der Waals surface area contributed by atoms with Crippen LogP contribution in [0.5, 0.6) is 0 Å². The second-order valence-electron chi connectivity index (χ2n) is 4.38. The van der Waals surface area contributed by atoms with Crippen molar-refractivity contribution >= 4 is 10.9 Å². The molecule has 0 radical (unpaired) electrons. The molecule has 4 nitrogen and oxygen atoms in total. The van der Waals surface area contributed by atoms with Crippen molar-refractivity contribution in [2.24, 2.45) is 12.8 Å². The van der Waals surface area contributed by atoms with Crippen LogP contribution in [0.1, 0.15) is 11.6 Å². The number of benzene rings is 1. The van der Waals surface area contributed by atoms with E-state index >= 15 is 0 Å². The highest BCUT2D eigenvalue weighted by atomic mass is 15.4. The van der Waals surface area contributed by atoms with Crippen molar-refractivity contribution in [1.29, 1.82) is 0 Å². The van der Waals surface area contributed by atoms with E-state index in [0.717, 1.165) is 6.54 Å². The normalized spacial score (nSPS) is 25.4. The predicted octanol–water partition coefficient (Wildman–Crippen LogP) is 0.655.